The first-order valence-electron chi connectivity index (χ1n) is 24.0. The third-order valence-electron chi connectivity index (χ3n) is 14.0. The molecular formula is C57H76N2. The quantitative estimate of drug-likeness (QED) is 0.0562. The second-order valence-corrected chi connectivity index (χ2v) is 18.0. The van der Waals surface area contributed by atoms with Crippen LogP contribution >= 0.6 is 0 Å². The normalized spacial score (nSPS) is 13.0. The molecule has 0 atom stereocenters. The fourth-order valence-corrected chi connectivity index (χ4v) is 9.85. The number of rotatable bonds is 26. The molecule has 0 amide bonds. The van der Waals surface area contributed by atoms with Gasteiger partial charge in [-0.15, -0.1) is 0 Å². The van der Waals surface area contributed by atoms with E-state index in [1.165, 1.54) is 149 Å². The smallest absolute Gasteiger partial charge is 0.0465 e. The molecule has 2 heteroatoms. The van der Waals surface area contributed by atoms with Gasteiger partial charge < -0.3 is 10.2 Å². The second kappa shape index (κ2) is 22.3. The van der Waals surface area contributed by atoms with Gasteiger partial charge >= 0.3 is 0 Å². The van der Waals surface area contributed by atoms with E-state index < -0.39 is 0 Å². The van der Waals surface area contributed by atoms with Gasteiger partial charge in [-0.2, -0.15) is 0 Å². The Bertz CT molecular complexity index is 1940. The topological polar surface area (TPSA) is 15.3 Å². The SMILES string of the molecule is CCCCCCCCCCC1(CCCCCCCCCC)c2cc(N(c3ccccc3)c3ccc(Nc4ccccc4)cc3)ccc2-c2ccc(C(C)(CC)CC)cc21. The van der Waals surface area contributed by atoms with Crippen LogP contribution in [0.15, 0.2) is 121 Å². The maximum atomic E-state index is 3.59. The van der Waals surface area contributed by atoms with Gasteiger partial charge in [0.05, 0.1) is 0 Å². The van der Waals surface area contributed by atoms with E-state index in [0.29, 0.717) is 0 Å². The third-order valence-corrected chi connectivity index (χ3v) is 14.0. The third kappa shape index (κ3) is 11.1. The maximum absolute atomic E-state index is 3.59. The van der Waals surface area contributed by atoms with E-state index in [1.807, 2.05) is 0 Å². The average molecular weight is 789 g/mol. The standard InChI is InChI=1S/C57H76N2/c1-6-10-12-14-16-18-20-28-42-57(43-29-21-19-17-15-13-11-7-2)54-44-46(56(5,8-3)9-4)34-40-52(54)53-41-39-51(45-55(53)57)59(49-32-26-23-27-33-49)50-37-35-48(36-38-50)58-47-30-24-22-25-31-47/h22-27,30-41,44-45,58H,6-21,28-29,42-43H2,1-5H3. The molecule has 5 aromatic carbocycles. The first-order chi connectivity index (χ1) is 29.0. The van der Waals surface area contributed by atoms with Crippen molar-refractivity contribution in [2.24, 2.45) is 0 Å². The number of para-hydroxylation sites is 2. The highest BCUT2D eigenvalue weighted by molar-refractivity contribution is 5.86. The van der Waals surface area contributed by atoms with Gasteiger partial charge in [-0.05, 0) is 120 Å². The molecule has 6 rings (SSSR count). The number of nitrogens with one attached hydrogen (secondary N) is 1. The molecule has 5 aromatic rings. The van der Waals surface area contributed by atoms with Crippen LogP contribution in [0.4, 0.5) is 28.4 Å². The monoisotopic (exact) mass is 789 g/mol. The fraction of sp³-hybridized carbons (Fsp3) is 0.474. The van der Waals surface area contributed by atoms with E-state index in [0.717, 1.165) is 24.2 Å². The van der Waals surface area contributed by atoms with Gasteiger partial charge in [0.2, 0.25) is 0 Å². The molecule has 0 aliphatic heterocycles. The molecule has 0 radical (unpaired) electrons. The highest BCUT2D eigenvalue weighted by atomic mass is 15.1. The van der Waals surface area contributed by atoms with Crippen LogP contribution in [0.5, 0.6) is 0 Å². The summed E-state index contributed by atoms with van der Waals surface area (Å²) < 4.78 is 0. The average Bonchev–Trinajstić information content (AvgIpc) is 3.54. The molecule has 0 spiro atoms. The molecule has 0 aromatic heterocycles. The Kier molecular flexibility index (Phi) is 16.8. The van der Waals surface area contributed by atoms with Crippen molar-refractivity contribution in [3.8, 4) is 11.1 Å². The molecule has 1 N–H and O–H groups in total. The number of benzene rings is 5. The lowest BCUT2D eigenvalue weighted by molar-refractivity contribution is 0.394. The van der Waals surface area contributed by atoms with Crippen molar-refractivity contribution in [1.82, 2.24) is 0 Å². The summed E-state index contributed by atoms with van der Waals surface area (Å²) in [6.07, 6.45) is 26.4. The summed E-state index contributed by atoms with van der Waals surface area (Å²) in [6, 6.07) is 45.6. The Labute approximate surface area is 360 Å². The summed E-state index contributed by atoms with van der Waals surface area (Å²) in [5, 5.41) is 3.59. The van der Waals surface area contributed by atoms with E-state index in [-0.39, 0.29) is 10.8 Å². The zero-order valence-corrected chi connectivity index (χ0v) is 37.6. The number of hydrogen-bond acceptors (Lipinski definition) is 2. The molecule has 59 heavy (non-hydrogen) atoms. The lowest BCUT2D eigenvalue weighted by Gasteiger charge is -2.35. The molecule has 0 unspecified atom stereocenters. The molecule has 1 aliphatic carbocycles. The number of hydrogen-bond donors (Lipinski definition) is 1. The van der Waals surface area contributed by atoms with Crippen LogP contribution in [-0.4, -0.2) is 0 Å². The van der Waals surface area contributed by atoms with E-state index in [4.69, 9.17) is 0 Å². The Hall–Kier alpha value is -4.30. The zero-order valence-electron chi connectivity index (χ0n) is 37.6. The van der Waals surface area contributed by atoms with Crippen molar-refractivity contribution in [1.29, 1.82) is 0 Å². The van der Waals surface area contributed by atoms with Gasteiger partial charge in [0.15, 0.2) is 0 Å². The largest absolute Gasteiger partial charge is 0.356 e. The molecule has 0 saturated carbocycles. The molecule has 314 valence electrons. The lowest BCUT2D eigenvalue weighted by Crippen LogP contribution is -2.27. The highest BCUT2D eigenvalue weighted by Crippen LogP contribution is 2.56. The molecular weight excluding hydrogens is 713 g/mol. The zero-order chi connectivity index (χ0) is 41.3. The van der Waals surface area contributed by atoms with Crippen LogP contribution in [0, 0.1) is 0 Å². The minimum Gasteiger partial charge on any atom is -0.356 e. The summed E-state index contributed by atoms with van der Waals surface area (Å²) in [5.74, 6) is 0. The number of fused-ring (bicyclic) bond motifs is 3. The van der Waals surface area contributed by atoms with Crippen LogP contribution in [0.3, 0.4) is 0 Å². The summed E-state index contributed by atoms with van der Waals surface area (Å²) in [5.41, 5.74) is 13.6. The van der Waals surface area contributed by atoms with Crippen molar-refractivity contribution in [3.05, 3.63) is 138 Å². The van der Waals surface area contributed by atoms with Gasteiger partial charge in [-0.3, -0.25) is 0 Å². The lowest BCUT2D eigenvalue weighted by atomic mass is 9.69. The molecule has 1 aliphatic rings. The number of nitrogens with zero attached hydrogens (tertiary/aromatic N) is 1. The second-order valence-electron chi connectivity index (χ2n) is 18.0. The highest BCUT2D eigenvalue weighted by Gasteiger charge is 2.43. The molecule has 0 saturated heterocycles. The molecule has 2 nitrogen and oxygen atoms in total. The first-order valence-corrected chi connectivity index (χ1v) is 24.0. The Morgan fingerprint density at radius 1 is 0.441 bits per heavy atom. The first kappa shape index (κ1) is 44.3. The fourth-order valence-electron chi connectivity index (χ4n) is 9.85. The predicted molar refractivity (Wildman–Crippen MR) is 259 cm³/mol. The minimum absolute atomic E-state index is 0.00925. The van der Waals surface area contributed by atoms with Crippen LogP contribution in [0.1, 0.15) is 180 Å². The van der Waals surface area contributed by atoms with E-state index >= 15 is 0 Å². The van der Waals surface area contributed by atoms with Crippen molar-refractivity contribution >= 4 is 28.4 Å². The van der Waals surface area contributed by atoms with Crippen molar-refractivity contribution < 1.29 is 0 Å². The van der Waals surface area contributed by atoms with Crippen molar-refractivity contribution in [2.45, 2.75) is 174 Å². The summed E-state index contributed by atoms with van der Waals surface area (Å²) >= 11 is 0. The van der Waals surface area contributed by atoms with Gasteiger partial charge in [0, 0.05) is 33.9 Å². The van der Waals surface area contributed by atoms with Crippen LogP contribution in [0.25, 0.3) is 11.1 Å². The van der Waals surface area contributed by atoms with E-state index in [1.54, 1.807) is 11.1 Å². The Morgan fingerprint density at radius 2 is 0.881 bits per heavy atom. The number of anilines is 5. The molecule has 0 bridgehead atoms. The van der Waals surface area contributed by atoms with Crippen LogP contribution < -0.4 is 10.2 Å². The van der Waals surface area contributed by atoms with Gasteiger partial charge in [0.1, 0.15) is 0 Å². The van der Waals surface area contributed by atoms with Gasteiger partial charge in [-0.25, -0.2) is 0 Å². The van der Waals surface area contributed by atoms with Gasteiger partial charge in [-0.1, -0.05) is 198 Å². The number of unbranched alkanes of at least 4 members (excludes halogenated alkanes) is 14. The van der Waals surface area contributed by atoms with E-state index in [9.17, 15) is 0 Å². The van der Waals surface area contributed by atoms with E-state index in [2.05, 4.69) is 166 Å². The van der Waals surface area contributed by atoms with Crippen molar-refractivity contribution in [2.75, 3.05) is 10.2 Å². The van der Waals surface area contributed by atoms with Gasteiger partial charge in [0.25, 0.3) is 0 Å². The van der Waals surface area contributed by atoms with Crippen LogP contribution in [0.2, 0.25) is 0 Å². The Morgan fingerprint density at radius 3 is 1.42 bits per heavy atom. The van der Waals surface area contributed by atoms with Crippen LogP contribution in [-0.2, 0) is 10.8 Å². The summed E-state index contributed by atoms with van der Waals surface area (Å²) in [7, 11) is 0. The summed E-state index contributed by atoms with van der Waals surface area (Å²) in [6.45, 7) is 11.9. The summed E-state index contributed by atoms with van der Waals surface area (Å²) in [4.78, 5) is 2.48. The maximum Gasteiger partial charge on any atom is 0.0465 e. The predicted octanol–water partition coefficient (Wildman–Crippen LogP) is 18.3. The Balaban J connectivity index is 1.40. The molecule has 0 fully saturated rings. The molecule has 0 heterocycles. The van der Waals surface area contributed by atoms with Crippen molar-refractivity contribution in [3.63, 3.8) is 0 Å². The minimum atomic E-state index is 0.00925.